The van der Waals surface area contributed by atoms with Crippen molar-refractivity contribution in [1.82, 2.24) is 4.98 Å². The Morgan fingerprint density at radius 1 is 1.17 bits per heavy atom. The normalized spacial score (nSPS) is 11.3. The van der Waals surface area contributed by atoms with Gasteiger partial charge in [-0.25, -0.2) is 4.98 Å². The molecule has 0 unspecified atom stereocenters. The molecule has 1 heterocycles. The summed E-state index contributed by atoms with van der Waals surface area (Å²) in [5, 5.41) is 0.961. The van der Waals surface area contributed by atoms with Gasteiger partial charge in [0.2, 0.25) is 0 Å². The third kappa shape index (κ3) is 3.75. The lowest BCUT2D eigenvalue weighted by molar-refractivity contribution is 0.0491. The van der Waals surface area contributed by atoms with Crippen LogP contribution in [-0.4, -0.2) is 26.0 Å². The number of benzene rings is 2. The maximum Gasteiger partial charge on any atom is 0.188 e. The molecule has 0 bridgehead atoms. The minimum absolute atomic E-state index is 0.188. The first kappa shape index (κ1) is 16.5. The lowest BCUT2D eigenvalue weighted by Crippen LogP contribution is -2.00. The molecule has 0 aliphatic rings. The van der Waals surface area contributed by atoms with E-state index >= 15 is 0 Å². The smallest absolute Gasteiger partial charge is 0.188 e. The molecule has 5 heteroatoms. The van der Waals surface area contributed by atoms with Crippen LogP contribution in [0.1, 0.15) is 16.1 Å². The molecule has 1 radical (unpaired) electrons. The van der Waals surface area contributed by atoms with Gasteiger partial charge in [-0.3, -0.25) is 0 Å². The van der Waals surface area contributed by atoms with Crippen molar-refractivity contribution in [3.05, 3.63) is 52.5 Å². The second kappa shape index (κ2) is 7.47. The predicted octanol–water partition coefficient (Wildman–Crippen LogP) is 4.57. The largest absolute Gasteiger partial charge is 0.493 e. The summed E-state index contributed by atoms with van der Waals surface area (Å²) in [6.07, 6.45) is 4.02. The van der Waals surface area contributed by atoms with Crippen molar-refractivity contribution in [1.29, 1.82) is 0 Å². The molecule has 0 aliphatic carbocycles. The number of nitrogens with zero attached hydrogens (tertiary/aromatic N) is 1. The quantitative estimate of drug-likeness (QED) is 0.617. The first-order valence-electron chi connectivity index (χ1n) is 7.46. The summed E-state index contributed by atoms with van der Waals surface area (Å²) in [5.74, 6) is 1.33. The van der Waals surface area contributed by atoms with E-state index in [1.165, 1.54) is 0 Å². The molecule has 1 aromatic heterocycles. The first-order chi connectivity index (χ1) is 11.7. The molecule has 2 aromatic carbocycles. The summed E-state index contributed by atoms with van der Waals surface area (Å²) in [6, 6.07) is 13.0. The molecule has 0 N–H and O–H groups in total. The van der Waals surface area contributed by atoms with Crippen molar-refractivity contribution in [2.45, 2.75) is 6.92 Å². The molecule has 0 atom stereocenters. The van der Waals surface area contributed by atoms with Gasteiger partial charge < -0.3 is 14.2 Å². The van der Waals surface area contributed by atoms with Crippen LogP contribution in [0.5, 0.6) is 11.5 Å². The van der Waals surface area contributed by atoms with E-state index in [1.807, 2.05) is 49.4 Å². The molecule has 3 aromatic rings. The molecule has 0 aliphatic heterocycles. The third-order valence-electron chi connectivity index (χ3n) is 3.42. The fraction of sp³-hybridized carbons (Fsp3) is 0.211. The molecule has 0 saturated heterocycles. The van der Waals surface area contributed by atoms with E-state index in [0.717, 1.165) is 26.4 Å². The molecule has 123 valence electrons. The van der Waals surface area contributed by atoms with E-state index in [-0.39, 0.29) is 6.79 Å². The zero-order valence-corrected chi connectivity index (χ0v) is 14.6. The molecular formula is C19H18NO3S. The van der Waals surface area contributed by atoms with Gasteiger partial charge in [-0.05, 0) is 54.5 Å². The molecule has 24 heavy (non-hydrogen) atoms. The van der Waals surface area contributed by atoms with Crippen LogP contribution in [0.3, 0.4) is 0 Å². The van der Waals surface area contributed by atoms with Crippen molar-refractivity contribution >= 4 is 33.7 Å². The summed E-state index contributed by atoms with van der Waals surface area (Å²) >= 11 is 1.65. The van der Waals surface area contributed by atoms with Gasteiger partial charge in [0.25, 0.3) is 0 Å². The van der Waals surface area contributed by atoms with Crippen molar-refractivity contribution < 1.29 is 14.2 Å². The van der Waals surface area contributed by atoms with Gasteiger partial charge in [0.15, 0.2) is 18.3 Å². The highest BCUT2D eigenvalue weighted by Gasteiger charge is 2.05. The molecule has 0 amide bonds. The Hall–Kier alpha value is -2.37. The predicted molar refractivity (Wildman–Crippen MR) is 97.6 cm³/mol. The molecular weight excluding hydrogens is 322 g/mol. The van der Waals surface area contributed by atoms with Crippen molar-refractivity contribution in [2.24, 2.45) is 0 Å². The summed E-state index contributed by atoms with van der Waals surface area (Å²) in [5.41, 5.74) is 3.12. The van der Waals surface area contributed by atoms with Gasteiger partial charge in [-0.2, -0.15) is 0 Å². The Labute approximate surface area is 145 Å². The zero-order valence-electron chi connectivity index (χ0n) is 13.8. The minimum atomic E-state index is 0.188. The average Bonchev–Trinajstić information content (AvgIpc) is 3.00. The highest BCUT2D eigenvalue weighted by molar-refractivity contribution is 7.19. The van der Waals surface area contributed by atoms with E-state index in [2.05, 4.69) is 11.1 Å². The Morgan fingerprint density at radius 2 is 2.04 bits per heavy atom. The number of thiazole rings is 1. The van der Waals surface area contributed by atoms with Crippen LogP contribution < -0.4 is 9.47 Å². The number of hydrogen-bond acceptors (Lipinski definition) is 5. The topological polar surface area (TPSA) is 40.6 Å². The fourth-order valence-electron chi connectivity index (χ4n) is 2.26. The Kier molecular flexibility index (Phi) is 5.13. The first-order valence-corrected chi connectivity index (χ1v) is 8.28. The number of methoxy groups -OCH3 is 2. The maximum absolute atomic E-state index is 5.46. The molecule has 0 spiro atoms. The lowest BCUT2D eigenvalue weighted by atomic mass is 10.2. The Bertz CT molecular complexity index is 870. The van der Waals surface area contributed by atoms with Crippen molar-refractivity contribution in [3.8, 4) is 11.5 Å². The van der Waals surface area contributed by atoms with Crippen LogP contribution in [0.4, 0.5) is 0 Å². The van der Waals surface area contributed by atoms with Crippen LogP contribution in [0.25, 0.3) is 22.4 Å². The van der Waals surface area contributed by atoms with Gasteiger partial charge in [-0.15, -0.1) is 11.3 Å². The monoisotopic (exact) mass is 340 g/mol. The molecule has 3 rings (SSSR count). The van der Waals surface area contributed by atoms with Crippen LogP contribution >= 0.6 is 11.3 Å². The number of rotatable bonds is 6. The SMILES string of the molecule is COCOc1ccc(C=Cc2nc3cc(C)[c]cc3s2)cc1OC. The number of aryl methyl sites for hydroxylation is 1. The number of ether oxygens (including phenoxy) is 3. The molecule has 0 saturated carbocycles. The average molecular weight is 340 g/mol. The summed E-state index contributed by atoms with van der Waals surface area (Å²) in [4.78, 5) is 4.63. The Balaban J connectivity index is 1.82. The van der Waals surface area contributed by atoms with E-state index in [1.54, 1.807) is 25.6 Å². The van der Waals surface area contributed by atoms with Crippen LogP contribution in [0, 0.1) is 13.0 Å². The van der Waals surface area contributed by atoms with Crippen molar-refractivity contribution in [2.75, 3.05) is 21.0 Å². The van der Waals surface area contributed by atoms with Gasteiger partial charge in [-0.1, -0.05) is 12.1 Å². The van der Waals surface area contributed by atoms with Gasteiger partial charge in [0.1, 0.15) is 5.01 Å². The van der Waals surface area contributed by atoms with E-state index < -0.39 is 0 Å². The molecule has 4 nitrogen and oxygen atoms in total. The van der Waals surface area contributed by atoms with Crippen LogP contribution in [0.15, 0.2) is 30.3 Å². The number of fused-ring (bicyclic) bond motifs is 1. The van der Waals surface area contributed by atoms with Gasteiger partial charge in [0.05, 0.1) is 17.3 Å². The lowest BCUT2D eigenvalue weighted by Gasteiger charge is -2.10. The second-order valence-electron chi connectivity index (χ2n) is 5.21. The highest BCUT2D eigenvalue weighted by Crippen LogP contribution is 2.29. The second-order valence-corrected chi connectivity index (χ2v) is 6.27. The number of aromatic nitrogens is 1. The fourth-order valence-corrected chi connectivity index (χ4v) is 3.10. The van der Waals surface area contributed by atoms with E-state index in [0.29, 0.717) is 11.5 Å². The minimum Gasteiger partial charge on any atom is -0.493 e. The zero-order chi connectivity index (χ0) is 16.9. The Morgan fingerprint density at radius 3 is 2.83 bits per heavy atom. The van der Waals surface area contributed by atoms with Crippen LogP contribution in [0.2, 0.25) is 0 Å². The summed E-state index contributed by atoms with van der Waals surface area (Å²) in [6.45, 7) is 2.21. The van der Waals surface area contributed by atoms with Gasteiger partial charge in [0, 0.05) is 7.11 Å². The maximum atomic E-state index is 5.46. The van der Waals surface area contributed by atoms with Crippen molar-refractivity contribution in [3.63, 3.8) is 0 Å². The van der Waals surface area contributed by atoms with E-state index in [4.69, 9.17) is 14.2 Å². The number of hydrogen-bond donors (Lipinski definition) is 0. The highest BCUT2D eigenvalue weighted by atomic mass is 32.1. The van der Waals surface area contributed by atoms with Gasteiger partial charge >= 0.3 is 0 Å². The third-order valence-corrected chi connectivity index (χ3v) is 4.40. The summed E-state index contributed by atoms with van der Waals surface area (Å²) < 4.78 is 16.9. The standard InChI is InChI=1S/C19H18NO3S/c1-13-4-8-18-15(10-13)20-19(24-18)9-6-14-5-7-16(23-12-21-2)17(11-14)22-3/h5-11H,12H2,1-3H3. The molecule has 0 fully saturated rings. The summed E-state index contributed by atoms with van der Waals surface area (Å²) in [7, 11) is 3.20. The van der Waals surface area contributed by atoms with Crippen LogP contribution in [-0.2, 0) is 4.74 Å². The van der Waals surface area contributed by atoms with E-state index in [9.17, 15) is 0 Å².